The monoisotopic (exact) mass is 239 g/mol. The second-order valence-electron chi connectivity index (χ2n) is 6.99. The van der Waals surface area contributed by atoms with Crippen molar-refractivity contribution < 1.29 is 9.53 Å². The molecule has 0 saturated heterocycles. The average molecular weight is 239 g/mol. The maximum Gasteiger partial charge on any atom is 0.309 e. The highest BCUT2D eigenvalue weighted by Crippen LogP contribution is 2.62. The molecule has 0 bridgehead atoms. The first-order valence-corrected chi connectivity index (χ1v) is 6.76. The molecule has 2 aliphatic carbocycles. The highest BCUT2D eigenvalue weighted by Gasteiger charge is 2.54. The maximum absolute atomic E-state index is 11.8. The zero-order valence-corrected chi connectivity index (χ0v) is 11.3. The molecule has 17 heavy (non-hydrogen) atoms. The van der Waals surface area contributed by atoms with Crippen molar-refractivity contribution in [2.75, 3.05) is 6.54 Å². The van der Waals surface area contributed by atoms with E-state index in [-0.39, 0.29) is 17.5 Å². The first-order valence-electron chi connectivity index (χ1n) is 6.76. The first kappa shape index (κ1) is 12.9. The van der Waals surface area contributed by atoms with Crippen molar-refractivity contribution in [3.05, 3.63) is 0 Å². The van der Waals surface area contributed by atoms with Gasteiger partial charge in [0, 0.05) is 0 Å². The van der Waals surface area contributed by atoms with Gasteiger partial charge in [0.2, 0.25) is 0 Å². The minimum absolute atomic E-state index is 0.00500. The SMILES string of the molecule is CC(C)(C)OC(=O)C1CC2(CC(CCN)C2)C1. The number of hydrogen-bond acceptors (Lipinski definition) is 3. The topological polar surface area (TPSA) is 52.3 Å². The molecule has 0 radical (unpaired) electrons. The predicted octanol–water partition coefficient (Wildman–Crippen LogP) is 2.48. The van der Waals surface area contributed by atoms with Crippen LogP contribution in [0.2, 0.25) is 0 Å². The van der Waals surface area contributed by atoms with Crippen LogP contribution < -0.4 is 5.73 Å². The summed E-state index contributed by atoms with van der Waals surface area (Å²) in [6, 6.07) is 0. The molecule has 98 valence electrons. The molecule has 0 unspecified atom stereocenters. The van der Waals surface area contributed by atoms with E-state index in [1.807, 2.05) is 20.8 Å². The van der Waals surface area contributed by atoms with Crippen LogP contribution in [-0.2, 0) is 9.53 Å². The summed E-state index contributed by atoms with van der Waals surface area (Å²) >= 11 is 0. The van der Waals surface area contributed by atoms with Crippen LogP contribution in [0.15, 0.2) is 0 Å². The van der Waals surface area contributed by atoms with E-state index in [1.165, 1.54) is 12.8 Å². The summed E-state index contributed by atoms with van der Waals surface area (Å²) in [5.41, 5.74) is 5.70. The summed E-state index contributed by atoms with van der Waals surface area (Å²) in [6.45, 7) is 6.59. The molecule has 0 amide bonds. The van der Waals surface area contributed by atoms with Gasteiger partial charge in [-0.2, -0.15) is 0 Å². The summed E-state index contributed by atoms with van der Waals surface area (Å²) in [5, 5.41) is 0. The lowest BCUT2D eigenvalue weighted by Crippen LogP contribution is -2.51. The smallest absolute Gasteiger partial charge is 0.309 e. The summed E-state index contributed by atoms with van der Waals surface area (Å²) in [6.07, 6.45) is 5.80. The van der Waals surface area contributed by atoms with Crippen molar-refractivity contribution in [3.8, 4) is 0 Å². The molecule has 0 aromatic rings. The van der Waals surface area contributed by atoms with Crippen molar-refractivity contribution in [3.63, 3.8) is 0 Å². The van der Waals surface area contributed by atoms with Gasteiger partial charge in [0.1, 0.15) is 5.60 Å². The van der Waals surface area contributed by atoms with Crippen molar-refractivity contribution in [1.82, 2.24) is 0 Å². The molecule has 0 atom stereocenters. The van der Waals surface area contributed by atoms with Crippen LogP contribution in [0.5, 0.6) is 0 Å². The summed E-state index contributed by atoms with van der Waals surface area (Å²) < 4.78 is 5.42. The number of nitrogens with two attached hydrogens (primary N) is 1. The fraction of sp³-hybridized carbons (Fsp3) is 0.929. The quantitative estimate of drug-likeness (QED) is 0.770. The lowest BCUT2D eigenvalue weighted by atomic mass is 9.48. The van der Waals surface area contributed by atoms with E-state index in [9.17, 15) is 4.79 Å². The molecule has 0 aromatic heterocycles. The molecule has 2 aliphatic rings. The van der Waals surface area contributed by atoms with E-state index in [2.05, 4.69) is 0 Å². The molecular weight excluding hydrogens is 214 g/mol. The van der Waals surface area contributed by atoms with Crippen LogP contribution >= 0.6 is 0 Å². The molecule has 0 aliphatic heterocycles. The van der Waals surface area contributed by atoms with Crippen LogP contribution in [0.3, 0.4) is 0 Å². The third-order valence-corrected chi connectivity index (χ3v) is 4.12. The van der Waals surface area contributed by atoms with Gasteiger partial charge in [0.15, 0.2) is 0 Å². The zero-order chi connectivity index (χ0) is 12.7. The summed E-state index contributed by atoms with van der Waals surface area (Å²) in [5.74, 6) is 0.984. The van der Waals surface area contributed by atoms with Gasteiger partial charge >= 0.3 is 5.97 Å². The molecule has 3 nitrogen and oxygen atoms in total. The highest BCUT2D eigenvalue weighted by atomic mass is 16.6. The van der Waals surface area contributed by atoms with Gasteiger partial charge in [-0.15, -0.1) is 0 Å². The minimum atomic E-state index is -0.346. The van der Waals surface area contributed by atoms with E-state index < -0.39 is 0 Å². The van der Waals surface area contributed by atoms with Gasteiger partial charge in [0.25, 0.3) is 0 Å². The van der Waals surface area contributed by atoms with Crippen molar-refractivity contribution in [2.45, 2.75) is 58.5 Å². The van der Waals surface area contributed by atoms with Gasteiger partial charge in [-0.25, -0.2) is 0 Å². The van der Waals surface area contributed by atoms with Crippen LogP contribution in [-0.4, -0.2) is 18.1 Å². The van der Waals surface area contributed by atoms with Gasteiger partial charge in [-0.3, -0.25) is 4.79 Å². The molecule has 0 aromatic carbocycles. The zero-order valence-electron chi connectivity index (χ0n) is 11.3. The number of hydrogen-bond donors (Lipinski definition) is 1. The Morgan fingerprint density at radius 1 is 1.29 bits per heavy atom. The molecular formula is C14H25NO2. The van der Waals surface area contributed by atoms with E-state index >= 15 is 0 Å². The van der Waals surface area contributed by atoms with Crippen molar-refractivity contribution in [2.24, 2.45) is 23.0 Å². The number of rotatable bonds is 3. The van der Waals surface area contributed by atoms with E-state index in [1.54, 1.807) is 0 Å². The van der Waals surface area contributed by atoms with E-state index in [0.717, 1.165) is 31.7 Å². The molecule has 1 spiro atoms. The Kier molecular flexibility index (Phi) is 3.23. The lowest BCUT2D eigenvalue weighted by molar-refractivity contribution is -0.175. The number of carbonyl (C=O) groups is 1. The normalized spacial score (nSPS) is 36.2. The lowest BCUT2D eigenvalue weighted by Gasteiger charge is -2.57. The number of carbonyl (C=O) groups excluding carboxylic acids is 1. The predicted molar refractivity (Wildman–Crippen MR) is 67.4 cm³/mol. The van der Waals surface area contributed by atoms with Crippen LogP contribution in [0.25, 0.3) is 0 Å². The number of esters is 1. The Hall–Kier alpha value is -0.570. The highest BCUT2D eigenvalue weighted by molar-refractivity contribution is 5.74. The third-order valence-electron chi connectivity index (χ3n) is 4.12. The summed E-state index contributed by atoms with van der Waals surface area (Å²) in [7, 11) is 0. The minimum Gasteiger partial charge on any atom is -0.460 e. The van der Waals surface area contributed by atoms with E-state index in [4.69, 9.17) is 10.5 Å². The molecule has 2 rings (SSSR count). The third kappa shape index (κ3) is 2.82. The number of ether oxygens (including phenoxy) is 1. The van der Waals surface area contributed by atoms with Crippen molar-refractivity contribution >= 4 is 5.97 Å². The van der Waals surface area contributed by atoms with Crippen LogP contribution in [0, 0.1) is 17.3 Å². The molecule has 2 N–H and O–H groups in total. The Balaban J connectivity index is 1.71. The second-order valence-corrected chi connectivity index (χ2v) is 6.99. The second kappa shape index (κ2) is 4.27. The fourth-order valence-electron chi connectivity index (χ4n) is 3.48. The van der Waals surface area contributed by atoms with E-state index in [0.29, 0.717) is 5.41 Å². The maximum atomic E-state index is 11.8. The molecule has 2 saturated carbocycles. The Bertz CT molecular complexity index is 292. The van der Waals surface area contributed by atoms with Gasteiger partial charge in [-0.05, 0) is 70.8 Å². The van der Waals surface area contributed by atoms with Gasteiger partial charge in [-0.1, -0.05) is 0 Å². The van der Waals surface area contributed by atoms with Gasteiger partial charge < -0.3 is 10.5 Å². The largest absolute Gasteiger partial charge is 0.460 e. The van der Waals surface area contributed by atoms with Crippen molar-refractivity contribution in [1.29, 1.82) is 0 Å². The Morgan fingerprint density at radius 2 is 1.88 bits per heavy atom. The average Bonchev–Trinajstić information content (AvgIpc) is 2.03. The van der Waals surface area contributed by atoms with Crippen LogP contribution in [0.4, 0.5) is 0 Å². The van der Waals surface area contributed by atoms with Gasteiger partial charge in [0.05, 0.1) is 5.92 Å². The fourth-order valence-corrected chi connectivity index (χ4v) is 3.48. The Morgan fingerprint density at radius 3 is 2.35 bits per heavy atom. The summed E-state index contributed by atoms with van der Waals surface area (Å²) in [4.78, 5) is 11.8. The molecule has 0 heterocycles. The Labute approximate surface area is 104 Å². The first-order chi connectivity index (χ1) is 7.84. The van der Waals surface area contributed by atoms with Crippen LogP contribution in [0.1, 0.15) is 52.9 Å². The molecule has 3 heteroatoms. The molecule has 2 fully saturated rings. The standard InChI is InChI=1S/C14H25NO2/c1-13(2,3)17-12(16)11-8-14(9-11)6-10(7-14)4-5-15/h10-11H,4-9,15H2,1-3H3.